The summed E-state index contributed by atoms with van der Waals surface area (Å²) in [7, 11) is 0. The SMILES string of the molecule is O=C1SCC(C=CC(O)CC2CCCCC2)N1CCCCCCc1nnn[nH]1. The van der Waals surface area contributed by atoms with Gasteiger partial charge in [0.2, 0.25) is 0 Å². The number of hydrogen-bond acceptors (Lipinski definition) is 6. The number of hydrogen-bond donors (Lipinski definition) is 2. The molecule has 0 bridgehead atoms. The van der Waals surface area contributed by atoms with Gasteiger partial charge in [-0.3, -0.25) is 4.79 Å². The summed E-state index contributed by atoms with van der Waals surface area (Å²) in [4.78, 5) is 14.2. The lowest BCUT2D eigenvalue weighted by Gasteiger charge is -2.24. The van der Waals surface area contributed by atoms with Gasteiger partial charge in [-0.05, 0) is 35.6 Å². The smallest absolute Gasteiger partial charge is 0.282 e. The Morgan fingerprint density at radius 1 is 1.21 bits per heavy atom. The quantitative estimate of drug-likeness (QED) is 0.429. The summed E-state index contributed by atoms with van der Waals surface area (Å²) < 4.78 is 0. The van der Waals surface area contributed by atoms with Crippen molar-refractivity contribution in [3.8, 4) is 0 Å². The summed E-state index contributed by atoms with van der Waals surface area (Å²) in [5.41, 5.74) is 0. The highest BCUT2D eigenvalue weighted by Crippen LogP contribution is 2.28. The average Bonchev–Trinajstić information content (AvgIpc) is 3.34. The molecule has 1 aromatic rings. The fraction of sp³-hybridized carbons (Fsp3) is 0.800. The van der Waals surface area contributed by atoms with Gasteiger partial charge in [0.05, 0.1) is 12.1 Å². The van der Waals surface area contributed by atoms with Crippen molar-refractivity contribution >= 4 is 17.0 Å². The molecule has 3 rings (SSSR count). The summed E-state index contributed by atoms with van der Waals surface area (Å²) >= 11 is 1.40. The molecule has 1 aliphatic heterocycles. The zero-order chi connectivity index (χ0) is 19.6. The number of carbonyl (C=O) groups is 1. The molecular formula is C20H33N5O2S. The second-order valence-corrected chi connectivity index (χ2v) is 9.01. The van der Waals surface area contributed by atoms with E-state index in [9.17, 15) is 9.90 Å². The van der Waals surface area contributed by atoms with E-state index in [1.165, 1.54) is 43.9 Å². The molecule has 2 fully saturated rings. The van der Waals surface area contributed by atoms with Crippen LogP contribution in [0.25, 0.3) is 0 Å². The molecule has 156 valence electrons. The Labute approximate surface area is 171 Å². The first kappa shape index (κ1) is 21.3. The maximum atomic E-state index is 12.2. The summed E-state index contributed by atoms with van der Waals surface area (Å²) in [5.74, 6) is 2.30. The summed E-state index contributed by atoms with van der Waals surface area (Å²) in [6.07, 6.45) is 16.1. The molecule has 28 heavy (non-hydrogen) atoms. The first-order valence-electron chi connectivity index (χ1n) is 10.7. The average molecular weight is 408 g/mol. The van der Waals surface area contributed by atoms with Gasteiger partial charge in [-0.1, -0.05) is 68.9 Å². The Kier molecular flexibility index (Phi) is 8.79. The van der Waals surface area contributed by atoms with Crippen LogP contribution in [0.15, 0.2) is 12.2 Å². The number of aliphatic hydroxyl groups excluding tert-OH is 1. The van der Waals surface area contributed by atoms with Gasteiger partial charge in [-0.25, -0.2) is 5.10 Å². The molecule has 2 aliphatic rings. The standard InChI is InChI=1S/C20H33N5O2S/c26-18(14-16-8-4-3-5-9-16)12-11-17-15-28-20(27)25(17)13-7-2-1-6-10-19-21-23-24-22-19/h11-12,16-18,26H,1-10,13-15H2,(H,21,22,23,24). The zero-order valence-electron chi connectivity index (χ0n) is 16.6. The van der Waals surface area contributed by atoms with E-state index >= 15 is 0 Å². The fourth-order valence-electron chi connectivity index (χ4n) is 4.19. The number of carbonyl (C=O) groups excluding carboxylic acids is 1. The van der Waals surface area contributed by atoms with Gasteiger partial charge < -0.3 is 10.0 Å². The minimum atomic E-state index is -0.378. The second-order valence-electron chi connectivity index (χ2n) is 8.04. The topological polar surface area (TPSA) is 95.0 Å². The normalized spacial score (nSPS) is 22.4. The third-order valence-corrected chi connectivity index (χ3v) is 6.81. The minimum absolute atomic E-state index is 0.124. The predicted octanol–water partition coefficient (Wildman–Crippen LogP) is 3.73. The van der Waals surface area contributed by atoms with Crippen molar-refractivity contribution in [2.45, 2.75) is 82.8 Å². The van der Waals surface area contributed by atoms with Gasteiger partial charge in [0, 0.05) is 18.7 Å². The van der Waals surface area contributed by atoms with Crippen LogP contribution in [0.3, 0.4) is 0 Å². The third-order valence-electron chi connectivity index (χ3n) is 5.82. The van der Waals surface area contributed by atoms with E-state index in [2.05, 4.69) is 26.7 Å². The largest absolute Gasteiger partial charge is 0.389 e. The predicted molar refractivity (Wildman–Crippen MR) is 111 cm³/mol. The van der Waals surface area contributed by atoms with Crippen molar-refractivity contribution in [3.05, 3.63) is 18.0 Å². The molecule has 2 atom stereocenters. The van der Waals surface area contributed by atoms with Crippen LogP contribution in [0.1, 0.15) is 70.0 Å². The lowest BCUT2D eigenvalue weighted by Crippen LogP contribution is -2.33. The number of amides is 1. The van der Waals surface area contributed by atoms with E-state index in [0.717, 1.165) is 56.6 Å². The van der Waals surface area contributed by atoms with Gasteiger partial charge in [0.15, 0.2) is 0 Å². The van der Waals surface area contributed by atoms with E-state index in [0.29, 0.717) is 5.92 Å². The van der Waals surface area contributed by atoms with E-state index in [-0.39, 0.29) is 17.4 Å². The van der Waals surface area contributed by atoms with Gasteiger partial charge in [-0.2, -0.15) is 0 Å². The molecule has 0 radical (unpaired) electrons. The first-order chi connectivity index (χ1) is 13.7. The maximum absolute atomic E-state index is 12.2. The van der Waals surface area contributed by atoms with Crippen LogP contribution in [0, 0.1) is 5.92 Å². The Morgan fingerprint density at radius 3 is 2.82 bits per heavy atom. The molecule has 1 saturated heterocycles. The van der Waals surface area contributed by atoms with E-state index in [1.807, 2.05) is 11.0 Å². The van der Waals surface area contributed by atoms with Crippen LogP contribution in [-0.2, 0) is 6.42 Å². The lowest BCUT2D eigenvalue weighted by atomic mass is 9.85. The maximum Gasteiger partial charge on any atom is 0.282 e. The minimum Gasteiger partial charge on any atom is -0.389 e. The van der Waals surface area contributed by atoms with Gasteiger partial charge >= 0.3 is 0 Å². The molecule has 0 spiro atoms. The molecular weight excluding hydrogens is 374 g/mol. The highest BCUT2D eigenvalue weighted by Gasteiger charge is 2.29. The zero-order valence-corrected chi connectivity index (χ0v) is 17.4. The number of aryl methyl sites for hydroxylation is 1. The summed E-state index contributed by atoms with van der Waals surface area (Å²) in [6, 6.07) is 0.124. The number of aromatic nitrogens is 4. The van der Waals surface area contributed by atoms with Crippen LogP contribution < -0.4 is 0 Å². The number of tetrazole rings is 1. The van der Waals surface area contributed by atoms with Crippen molar-refractivity contribution in [2.24, 2.45) is 5.92 Å². The number of aliphatic hydroxyl groups is 1. The van der Waals surface area contributed by atoms with Gasteiger partial charge in [0.1, 0.15) is 5.82 Å². The number of rotatable bonds is 11. The summed E-state index contributed by atoms with van der Waals surface area (Å²) in [5, 5.41) is 24.3. The molecule has 2 heterocycles. The number of thioether (sulfide) groups is 1. The Balaban J connectivity index is 1.33. The first-order valence-corrected chi connectivity index (χ1v) is 11.7. The monoisotopic (exact) mass is 407 g/mol. The van der Waals surface area contributed by atoms with Crippen molar-refractivity contribution in [3.63, 3.8) is 0 Å². The number of unbranched alkanes of at least 4 members (excludes halogenated alkanes) is 3. The fourth-order valence-corrected chi connectivity index (χ4v) is 5.19. The van der Waals surface area contributed by atoms with E-state index in [4.69, 9.17) is 0 Å². The number of H-pyrrole nitrogens is 1. The van der Waals surface area contributed by atoms with Gasteiger partial charge in [-0.15, -0.1) is 5.10 Å². The Hall–Kier alpha value is -1.41. The highest BCUT2D eigenvalue weighted by molar-refractivity contribution is 8.13. The van der Waals surface area contributed by atoms with Crippen molar-refractivity contribution in [2.75, 3.05) is 12.3 Å². The van der Waals surface area contributed by atoms with E-state index in [1.54, 1.807) is 0 Å². The Morgan fingerprint density at radius 2 is 2.04 bits per heavy atom. The molecule has 7 nitrogen and oxygen atoms in total. The molecule has 2 N–H and O–H groups in total. The number of aromatic amines is 1. The lowest BCUT2D eigenvalue weighted by molar-refractivity contribution is 0.169. The molecule has 1 aliphatic carbocycles. The highest BCUT2D eigenvalue weighted by atomic mass is 32.2. The van der Waals surface area contributed by atoms with Crippen molar-refractivity contribution in [1.29, 1.82) is 0 Å². The summed E-state index contributed by atoms with van der Waals surface area (Å²) in [6.45, 7) is 0.795. The van der Waals surface area contributed by atoms with E-state index < -0.39 is 0 Å². The molecule has 1 saturated carbocycles. The van der Waals surface area contributed by atoms with Crippen LogP contribution >= 0.6 is 11.8 Å². The van der Waals surface area contributed by atoms with Crippen LogP contribution in [0.2, 0.25) is 0 Å². The van der Waals surface area contributed by atoms with Gasteiger partial charge in [0.25, 0.3) is 5.24 Å². The molecule has 1 aromatic heterocycles. The second kappa shape index (κ2) is 11.6. The molecule has 2 unspecified atom stereocenters. The number of nitrogens with one attached hydrogen (secondary N) is 1. The van der Waals surface area contributed by atoms with Crippen LogP contribution in [0.4, 0.5) is 4.79 Å². The molecule has 0 aromatic carbocycles. The van der Waals surface area contributed by atoms with Crippen LogP contribution in [-0.4, -0.2) is 60.3 Å². The van der Waals surface area contributed by atoms with Crippen LogP contribution in [0.5, 0.6) is 0 Å². The van der Waals surface area contributed by atoms with Crippen molar-refractivity contribution in [1.82, 2.24) is 25.5 Å². The molecule has 1 amide bonds. The van der Waals surface area contributed by atoms with Crippen molar-refractivity contribution < 1.29 is 9.90 Å². The third kappa shape index (κ3) is 6.88. The Bertz CT molecular complexity index is 604. The molecule has 8 heteroatoms. The number of nitrogens with zero attached hydrogens (tertiary/aromatic N) is 4.